The third-order valence-electron chi connectivity index (χ3n) is 4.45. The number of pyridine rings is 1. The third kappa shape index (κ3) is 4.11. The zero-order valence-corrected chi connectivity index (χ0v) is 14.7. The number of nitrogens with one attached hydrogen (secondary N) is 2. The molecule has 2 heterocycles. The Labute approximate surface area is 150 Å². The predicted molar refractivity (Wildman–Crippen MR) is 94.0 cm³/mol. The van der Waals surface area contributed by atoms with Gasteiger partial charge in [-0.05, 0) is 44.0 Å². The van der Waals surface area contributed by atoms with Gasteiger partial charge in [0, 0.05) is 18.4 Å². The summed E-state index contributed by atoms with van der Waals surface area (Å²) < 4.78 is 24.6. The molecule has 0 saturated carbocycles. The van der Waals surface area contributed by atoms with Gasteiger partial charge >= 0.3 is 0 Å². The topological polar surface area (TPSA) is 80.4 Å². The van der Waals surface area contributed by atoms with Crippen LogP contribution in [-0.4, -0.2) is 36.3 Å². The molecule has 0 unspecified atom stereocenters. The van der Waals surface area contributed by atoms with Crippen LogP contribution in [0.15, 0.2) is 35.1 Å². The second-order valence-corrected chi connectivity index (χ2v) is 6.38. The second-order valence-electron chi connectivity index (χ2n) is 6.38. The summed E-state index contributed by atoms with van der Waals surface area (Å²) in [6, 6.07) is 7.03. The monoisotopic (exact) mass is 360 g/mol. The van der Waals surface area contributed by atoms with E-state index in [1.807, 2.05) is 6.92 Å². The van der Waals surface area contributed by atoms with E-state index >= 15 is 0 Å². The van der Waals surface area contributed by atoms with Gasteiger partial charge in [-0.3, -0.25) is 9.59 Å². The molecular formula is C19H21FN2O4. The Morgan fingerprint density at radius 1 is 1.35 bits per heavy atom. The molecule has 0 radical (unpaired) electrons. The van der Waals surface area contributed by atoms with E-state index in [0.29, 0.717) is 18.8 Å². The fourth-order valence-corrected chi connectivity index (χ4v) is 2.85. The number of aromatic amines is 1. The maximum atomic E-state index is 13.3. The van der Waals surface area contributed by atoms with E-state index in [1.54, 1.807) is 25.1 Å². The van der Waals surface area contributed by atoms with Gasteiger partial charge in [0.2, 0.25) is 0 Å². The Balaban J connectivity index is 1.75. The molecule has 138 valence electrons. The molecule has 3 rings (SSSR count). The number of halogens is 1. The minimum Gasteiger partial charge on any atom is -0.486 e. The van der Waals surface area contributed by atoms with Gasteiger partial charge in [-0.25, -0.2) is 4.39 Å². The molecule has 7 heteroatoms. The highest BCUT2D eigenvalue weighted by Gasteiger charge is 2.30. The number of H-pyrrole nitrogens is 1. The second kappa shape index (κ2) is 7.70. The first-order chi connectivity index (χ1) is 12.4. The lowest BCUT2D eigenvalue weighted by atomic mass is 10.0. The summed E-state index contributed by atoms with van der Waals surface area (Å²) in [7, 11) is 0. The summed E-state index contributed by atoms with van der Waals surface area (Å²) in [6.45, 7) is 4.34. The molecule has 1 saturated heterocycles. The molecule has 1 aromatic carbocycles. The van der Waals surface area contributed by atoms with Crippen LogP contribution >= 0.6 is 0 Å². The fraction of sp³-hybridized carbons (Fsp3) is 0.368. The number of benzene rings is 1. The van der Waals surface area contributed by atoms with Crippen molar-refractivity contribution in [1.29, 1.82) is 0 Å². The molecule has 6 nitrogen and oxygen atoms in total. The SMILES string of the molecule is Cc1cc(C(=O)N[C@@H]2CCOC[C@H]2Oc2cccc(F)c2)c(=O)[nH]c1C. The maximum Gasteiger partial charge on any atom is 0.261 e. The van der Waals surface area contributed by atoms with Gasteiger partial charge in [0.25, 0.3) is 11.5 Å². The van der Waals surface area contributed by atoms with E-state index in [2.05, 4.69) is 10.3 Å². The first-order valence-corrected chi connectivity index (χ1v) is 8.45. The lowest BCUT2D eigenvalue weighted by Crippen LogP contribution is -2.52. The van der Waals surface area contributed by atoms with Crippen molar-refractivity contribution in [2.24, 2.45) is 0 Å². The zero-order valence-electron chi connectivity index (χ0n) is 14.7. The summed E-state index contributed by atoms with van der Waals surface area (Å²) in [6.07, 6.45) is 0.0641. The number of carbonyl (C=O) groups excluding carboxylic acids is 1. The van der Waals surface area contributed by atoms with Crippen molar-refractivity contribution in [3.63, 3.8) is 0 Å². The largest absolute Gasteiger partial charge is 0.486 e. The lowest BCUT2D eigenvalue weighted by Gasteiger charge is -2.32. The van der Waals surface area contributed by atoms with E-state index in [0.717, 1.165) is 11.3 Å². The van der Waals surface area contributed by atoms with Crippen LogP contribution in [0.4, 0.5) is 4.39 Å². The quantitative estimate of drug-likeness (QED) is 0.875. The van der Waals surface area contributed by atoms with Gasteiger partial charge < -0.3 is 19.8 Å². The molecule has 2 atom stereocenters. The van der Waals surface area contributed by atoms with E-state index in [9.17, 15) is 14.0 Å². The van der Waals surface area contributed by atoms with Crippen molar-refractivity contribution >= 4 is 5.91 Å². The number of ether oxygens (including phenoxy) is 2. The fourth-order valence-electron chi connectivity index (χ4n) is 2.85. The average molecular weight is 360 g/mol. The van der Waals surface area contributed by atoms with E-state index < -0.39 is 23.4 Å². The van der Waals surface area contributed by atoms with Crippen LogP contribution in [0.5, 0.6) is 5.75 Å². The van der Waals surface area contributed by atoms with E-state index in [-0.39, 0.29) is 18.2 Å². The molecule has 2 N–H and O–H groups in total. The lowest BCUT2D eigenvalue weighted by molar-refractivity contribution is -0.0136. The molecule has 26 heavy (non-hydrogen) atoms. The Bertz CT molecular complexity index is 865. The van der Waals surface area contributed by atoms with Crippen LogP contribution in [0.2, 0.25) is 0 Å². The Hall–Kier alpha value is -2.67. The number of aromatic nitrogens is 1. The van der Waals surface area contributed by atoms with Crippen molar-refractivity contribution in [1.82, 2.24) is 10.3 Å². The van der Waals surface area contributed by atoms with E-state index in [4.69, 9.17) is 9.47 Å². The third-order valence-corrected chi connectivity index (χ3v) is 4.45. The number of hydrogen-bond donors (Lipinski definition) is 2. The van der Waals surface area contributed by atoms with Crippen LogP contribution in [-0.2, 0) is 4.74 Å². The van der Waals surface area contributed by atoms with Crippen molar-refractivity contribution in [2.45, 2.75) is 32.4 Å². The number of hydrogen-bond acceptors (Lipinski definition) is 4. The highest BCUT2D eigenvalue weighted by molar-refractivity contribution is 5.94. The van der Waals surface area contributed by atoms with Gasteiger partial charge in [0.05, 0.1) is 12.6 Å². The summed E-state index contributed by atoms with van der Waals surface area (Å²) in [5.74, 6) is -0.501. The van der Waals surface area contributed by atoms with Gasteiger partial charge in [-0.15, -0.1) is 0 Å². The van der Waals surface area contributed by atoms with Crippen molar-refractivity contribution < 1.29 is 18.7 Å². The number of amides is 1. The molecule has 1 aromatic heterocycles. The van der Waals surface area contributed by atoms with Crippen LogP contribution in [0.3, 0.4) is 0 Å². The molecular weight excluding hydrogens is 339 g/mol. The van der Waals surface area contributed by atoms with Crippen LogP contribution in [0.25, 0.3) is 0 Å². The summed E-state index contributed by atoms with van der Waals surface area (Å²) >= 11 is 0. The Morgan fingerprint density at radius 2 is 2.15 bits per heavy atom. The molecule has 0 spiro atoms. The molecule has 0 bridgehead atoms. The molecule has 1 amide bonds. The molecule has 1 aliphatic rings. The first kappa shape index (κ1) is 18.1. The summed E-state index contributed by atoms with van der Waals surface area (Å²) in [5, 5.41) is 2.85. The Morgan fingerprint density at radius 3 is 2.92 bits per heavy atom. The smallest absolute Gasteiger partial charge is 0.261 e. The minimum atomic E-state index is -0.472. The minimum absolute atomic E-state index is 0.0593. The average Bonchev–Trinajstić information content (AvgIpc) is 2.60. The summed E-state index contributed by atoms with van der Waals surface area (Å²) in [5.41, 5.74) is 1.18. The molecule has 1 aliphatic heterocycles. The standard InChI is InChI=1S/C19H21FN2O4/c1-11-8-15(18(23)21-12(11)2)19(24)22-16-6-7-25-10-17(16)26-14-5-3-4-13(20)9-14/h3-5,8-9,16-17H,6-7,10H2,1-2H3,(H,21,23)(H,22,24)/t16-,17-/m1/s1. The molecule has 0 aliphatic carbocycles. The normalized spacial score (nSPS) is 19.8. The molecule has 1 fully saturated rings. The van der Waals surface area contributed by atoms with Crippen LogP contribution in [0.1, 0.15) is 28.0 Å². The summed E-state index contributed by atoms with van der Waals surface area (Å²) in [4.78, 5) is 27.3. The van der Waals surface area contributed by atoms with Gasteiger partial charge in [-0.1, -0.05) is 6.07 Å². The van der Waals surface area contributed by atoms with Gasteiger partial charge in [0.1, 0.15) is 23.2 Å². The van der Waals surface area contributed by atoms with Crippen molar-refractivity contribution in [3.05, 3.63) is 63.3 Å². The van der Waals surface area contributed by atoms with Crippen LogP contribution in [0, 0.1) is 19.7 Å². The Kier molecular flexibility index (Phi) is 5.37. The van der Waals surface area contributed by atoms with E-state index in [1.165, 1.54) is 12.1 Å². The number of aryl methyl sites for hydroxylation is 2. The van der Waals surface area contributed by atoms with Crippen LogP contribution < -0.4 is 15.6 Å². The first-order valence-electron chi connectivity index (χ1n) is 8.45. The predicted octanol–water partition coefficient (Wildman–Crippen LogP) is 2.10. The highest BCUT2D eigenvalue weighted by atomic mass is 19.1. The number of carbonyl (C=O) groups is 1. The zero-order chi connectivity index (χ0) is 18.7. The van der Waals surface area contributed by atoms with Gasteiger partial charge in [0.15, 0.2) is 0 Å². The highest BCUT2D eigenvalue weighted by Crippen LogP contribution is 2.19. The molecule has 2 aromatic rings. The van der Waals surface area contributed by atoms with Gasteiger partial charge in [-0.2, -0.15) is 0 Å². The van der Waals surface area contributed by atoms with Crippen molar-refractivity contribution in [3.8, 4) is 5.75 Å². The number of rotatable bonds is 4. The maximum absolute atomic E-state index is 13.3. The van der Waals surface area contributed by atoms with Crippen molar-refractivity contribution in [2.75, 3.05) is 13.2 Å².